The van der Waals surface area contributed by atoms with E-state index in [-0.39, 0.29) is 32.4 Å². The summed E-state index contributed by atoms with van der Waals surface area (Å²) in [4.78, 5) is 12.0. The summed E-state index contributed by atoms with van der Waals surface area (Å²) < 4.78 is 30.0. The van der Waals surface area contributed by atoms with Crippen LogP contribution in [0.4, 0.5) is 0 Å². The zero-order chi connectivity index (χ0) is 23.7. The Labute approximate surface area is 189 Å². The van der Waals surface area contributed by atoms with Crippen LogP contribution in [0, 0.1) is 5.92 Å². The Balaban J connectivity index is 1.87. The number of hydrogen-bond acceptors (Lipinski definition) is 7. The molecule has 1 saturated carbocycles. The predicted octanol–water partition coefficient (Wildman–Crippen LogP) is -0.420. The van der Waals surface area contributed by atoms with Crippen LogP contribution in [-0.2, 0) is 21.5 Å². The third-order valence-electron chi connectivity index (χ3n) is 6.90. The number of nitrogens with zero attached hydrogens (tertiary/aromatic N) is 2. The van der Waals surface area contributed by atoms with Gasteiger partial charge in [0.15, 0.2) is 0 Å². The highest BCUT2D eigenvalue weighted by atomic mass is 32.2. The van der Waals surface area contributed by atoms with Gasteiger partial charge in [0, 0.05) is 37.1 Å². The third-order valence-corrected chi connectivity index (χ3v) is 8.87. The minimum Gasteiger partial charge on any atom is -0.480 e. The number of aliphatic carboxylic acids is 1. The zero-order valence-corrected chi connectivity index (χ0v) is 19.1. The molecule has 10 nitrogen and oxygen atoms in total. The van der Waals surface area contributed by atoms with Gasteiger partial charge in [-0.25, -0.2) is 0 Å². The van der Waals surface area contributed by atoms with Crippen molar-refractivity contribution in [2.24, 2.45) is 17.4 Å². The lowest BCUT2D eigenvalue weighted by Gasteiger charge is -2.35. The van der Waals surface area contributed by atoms with Crippen molar-refractivity contribution in [1.29, 1.82) is 0 Å². The van der Waals surface area contributed by atoms with E-state index in [4.69, 9.17) is 21.5 Å². The lowest BCUT2D eigenvalue weighted by Crippen LogP contribution is -2.57. The average Bonchev–Trinajstić information content (AvgIpc) is 3.38. The van der Waals surface area contributed by atoms with Crippen LogP contribution in [0.1, 0.15) is 38.2 Å². The van der Waals surface area contributed by atoms with Crippen molar-refractivity contribution in [3.05, 3.63) is 35.9 Å². The molecule has 2 fully saturated rings. The van der Waals surface area contributed by atoms with Gasteiger partial charge in [-0.3, -0.25) is 4.79 Å². The molecule has 1 aromatic rings. The Morgan fingerprint density at radius 3 is 2.44 bits per heavy atom. The molecule has 7 N–H and O–H groups in total. The Hall–Kier alpha value is -1.54. The number of carboxylic acids is 1. The number of carboxylic acid groups (broad SMARTS) is 1. The maximum atomic E-state index is 13.8. The molecule has 0 spiro atoms. The van der Waals surface area contributed by atoms with Crippen LogP contribution in [0.5, 0.6) is 0 Å². The molecule has 32 heavy (non-hydrogen) atoms. The molecule has 1 unspecified atom stereocenters. The van der Waals surface area contributed by atoms with E-state index in [0.29, 0.717) is 6.42 Å². The quantitative estimate of drug-likeness (QED) is 0.273. The summed E-state index contributed by atoms with van der Waals surface area (Å²) in [7, 11) is -5.58. The molecular weight excluding hydrogens is 435 g/mol. The Kier molecular flexibility index (Phi) is 7.35. The van der Waals surface area contributed by atoms with Crippen molar-refractivity contribution in [2.45, 2.75) is 62.6 Å². The van der Waals surface area contributed by atoms with Crippen LogP contribution in [0.25, 0.3) is 0 Å². The maximum absolute atomic E-state index is 13.8. The summed E-state index contributed by atoms with van der Waals surface area (Å²) in [6.45, 7) is 1.50. The second kappa shape index (κ2) is 9.37. The van der Waals surface area contributed by atoms with Crippen molar-refractivity contribution < 1.29 is 28.4 Å². The van der Waals surface area contributed by atoms with Crippen LogP contribution in [0.15, 0.2) is 30.3 Å². The second-order valence-corrected chi connectivity index (χ2v) is 11.1. The number of carbonyl (C=O) groups is 1. The van der Waals surface area contributed by atoms with Gasteiger partial charge in [-0.15, -0.1) is 0 Å². The monoisotopic (exact) mass is 468 g/mol. The maximum Gasteiger partial charge on any atom is 0.451 e. The summed E-state index contributed by atoms with van der Waals surface area (Å²) in [5.74, 6) is -1.93. The Bertz CT molecular complexity index is 914. The van der Waals surface area contributed by atoms with Gasteiger partial charge >= 0.3 is 13.1 Å². The molecule has 0 aromatic heterocycles. The highest BCUT2D eigenvalue weighted by Gasteiger charge is 2.55. The molecule has 2 aliphatic rings. The van der Waals surface area contributed by atoms with Gasteiger partial charge in [0.1, 0.15) is 5.54 Å². The van der Waals surface area contributed by atoms with E-state index in [9.17, 15) is 18.3 Å². The fraction of sp³-hybridized carbons (Fsp3) is 0.650. The zero-order valence-electron chi connectivity index (χ0n) is 18.3. The lowest BCUT2D eigenvalue weighted by molar-refractivity contribution is -0.144. The number of hydrogen-bond donors (Lipinski definition) is 5. The molecule has 0 amide bonds. The van der Waals surface area contributed by atoms with E-state index >= 15 is 0 Å². The first-order valence-corrected chi connectivity index (χ1v) is 12.3. The molecule has 1 aliphatic heterocycles. The minimum absolute atomic E-state index is 0.0533. The average molecular weight is 468 g/mol. The standard InChI is InChI=1S/C20H33BN4O6S/c1-15(19(22)9-10-19)25(12-16-6-3-2-4-7-16)32(30,31)24-13-17(8-5-11-21(28)29)20(23,14-24)18(26)27/h2-4,6-7,15,17,28-29H,5,8-14,22-23H2,1H3,(H,26,27)/t15?,17-,20-/m0/s1. The van der Waals surface area contributed by atoms with E-state index in [1.165, 1.54) is 4.31 Å². The smallest absolute Gasteiger partial charge is 0.451 e. The van der Waals surface area contributed by atoms with Gasteiger partial charge in [-0.05, 0) is 38.1 Å². The van der Waals surface area contributed by atoms with Crippen LogP contribution in [0.3, 0.4) is 0 Å². The van der Waals surface area contributed by atoms with Crippen molar-refractivity contribution >= 4 is 23.3 Å². The van der Waals surface area contributed by atoms with E-state index in [1.807, 2.05) is 30.3 Å². The summed E-state index contributed by atoms with van der Waals surface area (Å²) >= 11 is 0. The van der Waals surface area contributed by atoms with Crippen molar-refractivity contribution in [3.63, 3.8) is 0 Å². The first-order valence-electron chi connectivity index (χ1n) is 10.9. The van der Waals surface area contributed by atoms with Gasteiger partial charge in [0.2, 0.25) is 0 Å². The van der Waals surface area contributed by atoms with Crippen LogP contribution in [0.2, 0.25) is 6.32 Å². The SMILES string of the molecule is CC(N(Cc1ccccc1)S(=O)(=O)N1C[C@H](CCCB(O)O)[C@](N)(C(=O)O)C1)C1(N)CC1. The topological polar surface area (TPSA) is 170 Å². The fourth-order valence-electron chi connectivity index (χ4n) is 4.39. The summed E-state index contributed by atoms with van der Waals surface area (Å²) in [6, 6.07) is 8.70. The van der Waals surface area contributed by atoms with Gasteiger partial charge in [-0.1, -0.05) is 36.8 Å². The first-order chi connectivity index (χ1) is 14.9. The predicted molar refractivity (Wildman–Crippen MR) is 120 cm³/mol. The lowest BCUT2D eigenvalue weighted by atomic mass is 9.78. The minimum atomic E-state index is -4.08. The van der Waals surface area contributed by atoms with Gasteiger partial charge < -0.3 is 26.6 Å². The van der Waals surface area contributed by atoms with E-state index in [0.717, 1.165) is 22.7 Å². The highest BCUT2D eigenvalue weighted by molar-refractivity contribution is 7.86. The number of benzene rings is 1. The molecule has 3 atom stereocenters. The molecular formula is C20H33BN4O6S. The van der Waals surface area contributed by atoms with Gasteiger partial charge in [0.25, 0.3) is 10.2 Å². The van der Waals surface area contributed by atoms with Gasteiger partial charge in [-0.2, -0.15) is 17.0 Å². The molecule has 3 rings (SSSR count). The molecule has 1 aromatic carbocycles. The van der Waals surface area contributed by atoms with Crippen LogP contribution < -0.4 is 11.5 Å². The molecule has 1 aliphatic carbocycles. The Morgan fingerprint density at radius 1 is 1.28 bits per heavy atom. The van der Waals surface area contributed by atoms with Crippen LogP contribution >= 0.6 is 0 Å². The third kappa shape index (κ3) is 5.17. The number of rotatable bonds is 11. The summed E-state index contributed by atoms with van der Waals surface area (Å²) in [6.07, 6.45) is 2.08. The van der Waals surface area contributed by atoms with Crippen molar-refractivity contribution in [1.82, 2.24) is 8.61 Å². The molecule has 0 radical (unpaired) electrons. The highest BCUT2D eigenvalue weighted by Crippen LogP contribution is 2.41. The van der Waals surface area contributed by atoms with E-state index < -0.39 is 46.3 Å². The summed E-state index contributed by atoms with van der Waals surface area (Å²) in [5.41, 5.74) is 11.0. The van der Waals surface area contributed by atoms with Crippen LogP contribution in [-0.4, -0.2) is 75.5 Å². The summed E-state index contributed by atoms with van der Waals surface area (Å²) in [5, 5.41) is 28.0. The van der Waals surface area contributed by atoms with E-state index in [1.54, 1.807) is 6.92 Å². The van der Waals surface area contributed by atoms with Crippen molar-refractivity contribution in [2.75, 3.05) is 13.1 Å². The molecule has 0 bridgehead atoms. The van der Waals surface area contributed by atoms with Crippen molar-refractivity contribution in [3.8, 4) is 0 Å². The van der Waals surface area contributed by atoms with E-state index in [2.05, 4.69) is 0 Å². The molecule has 1 heterocycles. The molecule has 12 heteroatoms. The normalized spacial score (nSPS) is 26.2. The largest absolute Gasteiger partial charge is 0.480 e. The molecule has 1 saturated heterocycles. The first kappa shape index (κ1) is 25.1. The number of nitrogens with two attached hydrogens (primary N) is 2. The Morgan fingerprint density at radius 2 is 1.91 bits per heavy atom. The fourth-order valence-corrected chi connectivity index (χ4v) is 6.35. The van der Waals surface area contributed by atoms with Gasteiger partial charge in [0.05, 0.1) is 0 Å². The molecule has 178 valence electrons. The second-order valence-electron chi connectivity index (χ2n) is 9.19.